The fourth-order valence-corrected chi connectivity index (χ4v) is 5.43. The molecule has 5 heteroatoms. The molecular weight excluding hydrogens is 266 g/mol. The zero-order valence-electron chi connectivity index (χ0n) is 11.7. The van der Waals surface area contributed by atoms with Gasteiger partial charge in [-0.3, -0.25) is 0 Å². The van der Waals surface area contributed by atoms with Gasteiger partial charge in [-0.05, 0) is 44.8 Å². The highest BCUT2D eigenvalue weighted by molar-refractivity contribution is 7.93. The first-order chi connectivity index (χ1) is 8.35. The van der Waals surface area contributed by atoms with E-state index in [1.165, 1.54) is 19.3 Å². The SMILES string of the molecule is CC(C)(C)[S+]([O-])NC1(C2CC[S+]2[O-])CCCCC1. The molecule has 1 saturated heterocycles. The molecule has 3 unspecified atom stereocenters. The first-order valence-corrected chi connectivity index (χ1v) is 9.45. The second kappa shape index (κ2) is 5.52. The fraction of sp³-hybridized carbons (Fsp3) is 1.00. The van der Waals surface area contributed by atoms with Crippen LogP contribution >= 0.6 is 0 Å². The van der Waals surface area contributed by atoms with Gasteiger partial charge >= 0.3 is 0 Å². The Balaban J connectivity index is 2.09. The summed E-state index contributed by atoms with van der Waals surface area (Å²) in [6, 6.07) is 0. The number of rotatable bonds is 3. The summed E-state index contributed by atoms with van der Waals surface area (Å²) in [7, 11) is 0. The number of hydrogen-bond donors (Lipinski definition) is 1. The molecule has 18 heavy (non-hydrogen) atoms. The van der Waals surface area contributed by atoms with Crippen LogP contribution in [0.4, 0.5) is 0 Å². The molecule has 1 heterocycles. The fourth-order valence-electron chi connectivity index (χ4n) is 2.87. The van der Waals surface area contributed by atoms with Gasteiger partial charge in [0, 0.05) is 17.8 Å². The monoisotopic (exact) mass is 291 g/mol. The molecule has 0 amide bonds. The van der Waals surface area contributed by atoms with Crippen molar-refractivity contribution in [3.05, 3.63) is 0 Å². The molecule has 1 aliphatic carbocycles. The first-order valence-electron chi connectivity index (χ1n) is 6.92. The molecule has 1 aliphatic heterocycles. The van der Waals surface area contributed by atoms with E-state index in [0.717, 1.165) is 25.0 Å². The third kappa shape index (κ3) is 3.01. The summed E-state index contributed by atoms with van der Waals surface area (Å²) >= 11 is -1.77. The zero-order chi connectivity index (χ0) is 13.4. The summed E-state index contributed by atoms with van der Waals surface area (Å²) in [6.07, 6.45) is 6.69. The molecule has 0 aromatic heterocycles. The molecule has 0 bridgehead atoms. The van der Waals surface area contributed by atoms with Crippen LogP contribution in [0, 0.1) is 0 Å². The van der Waals surface area contributed by atoms with Crippen molar-refractivity contribution in [3.8, 4) is 0 Å². The lowest BCUT2D eigenvalue weighted by Gasteiger charge is -2.47. The van der Waals surface area contributed by atoms with E-state index in [0.29, 0.717) is 0 Å². The Morgan fingerprint density at radius 2 is 1.83 bits per heavy atom. The Morgan fingerprint density at radius 3 is 2.22 bits per heavy atom. The molecular formula is C13H25NO2S2. The van der Waals surface area contributed by atoms with Crippen molar-refractivity contribution in [2.24, 2.45) is 0 Å². The van der Waals surface area contributed by atoms with Crippen LogP contribution in [-0.2, 0) is 22.5 Å². The second-order valence-electron chi connectivity index (χ2n) is 6.56. The van der Waals surface area contributed by atoms with Crippen molar-refractivity contribution >= 4 is 22.5 Å². The summed E-state index contributed by atoms with van der Waals surface area (Å²) in [4.78, 5) is 0. The van der Waals surface area contributed by atoms with Crippen molar-refractivity contribution in [3.63, 3.8) is 0 Å². The maximum absolute atomic E-state index is 12.4. The van der Waals surface area contributed by atoms with Crippen molar-refractivity contribution in [1.82, 2.24) is 4.72 Å². The highest BCUT2D eigenvalue weighted by Crippen LogP contribution is 2.41. The minimum Gasteiger partial charge on any atom is -0.616 e. The lowest BCUT2D eigenvalue weighted by atomic mass is 9.79. The molecule has 2 aliphatic rings. The van der Waals surface area contributed by atoms with Gasteiger partial charge in [-0.1, -0.05) is 19.3 Å². The molecule has 2 fully saturated rings. The highest BCUT2D eigenvalue weighted by atomic mass is 32.2. The third-order valence-corrected chi connectivity index (χ3v) is 7.78. The van der Waals surface area contributed by atoms with E-state index in [1.54, 1.807) is 0 Å². The lowest BCUT2D eigenvalue weighted by molar-refractivity contribution is 0.241. The highest BCUT2D eigenvalue weighted by Gasteiger charge is 2.54. The minimum absolute atomic E-state index is 0.125. The van der Waals surface area contributed by atoms with E-state index >= 15 is 0 Å². The van der Waals surface area contributed by atoms with E-state index in [-0.39, 0.29) is 15.5 Å². The van der Waals surface area contributed by atoms with Crippen LogP contribution in [0.1, 0.15) is 59.3 Å². The smallest absolute Gasteiger partial charge is 0.142 e. The largest absolute Gasteiger partial charge is 0.616 e. The average molecular weight is 291 g/mol. The van der Waals surface area contributed by atoms with Crippen molar-refractivity contribution < 1.29 is 9.11 Å². The molecule has 3 nitrogen and oxygen atoms in total. The van der Waals surface area contributed by atoms with Gasteiger partial charge in [-0.25, -0.2) is 0 Å². The molecule has 1 N–H and O–H groups in total. The molecule has 0 spiro atoms. The third-order valence-electron chi connectivity index (χ3n) is 4.11. The molecule has 2 rings (SSSR count). The summed E-state index contributed by atoms with van der Waals surface area (Å²) < 4.78 is 27.5. The Morgan fingerprint density at radius 1 is 1.22 bits per heavy atom. The maximum atomic E-state index is 12.4. The van der Waals surface area contributed by atoms with E-state index in [2.05, 4.69) is 4.72 Å². The summed E-state index contributed by atoms with van der Waals surface area (Å²) in [5, 5.41) is 0.226. The van der Waals surface area contributed by atoms with E-state index in [9.17, 15) is 9.11 Å². The van der Waals surface area contributed by atoms with Crippen molar-refractivity contribution in [2.75, 3.05) is 5.75 Å². The molecule has 0 radical (unpaired) electrons. The van der Waals surface area contributed by atoms with Gasteiger partial charge in [0.1, 0.15) is 21.3 Å². The van der Waals surface area contributed by atoms with Crippen LogP contribution in [0.2, 0.25) is 0 Å². The topological polar surface area (TPSA) is 58.1 Å². The molecule has 0 aromatic rings. The minimum atomic E-state index is -1.06. The van der Waals surface area contributed by atoms with Gasteiger partial charge in [0.2, 0.25) is 0 Å². The van der Waals surface area contributed by atoms with Crippen LogP contribution < -0.4 is 4.72 Å². The van der Waals surface area contributed by atoms with Crippen LogP contribution in [0.25, 0.3) is 0 Å². The average Bonchev–Trinajstić information content (AvgIpc) is 2.26. The Bertz CT molecular complexity index is 287. The van der Waals surface area contributed by atoms with Crippen LogP contribution in [0.3, 0.4) is 0 Å². The number of nitrogens with one attached hydrogen (secondary N) is 1. The zero-order valence-corrected chi connectivity index (χ0v) is 13.3. The summed E-state index contributed by atoms with van der Waals surface area (Å²) in [6.45, 7) is 5.97. The Hall–Kier alpha value is 0.580. The van der Waals surface area contributed by atoms with Crippen LogP contribution in [0.5, 0.6) is 0 Å². The first kappa shape index (κ1) is 15.0. The lowest BCUT2D eigenvalue weighted by Crippen LogP contribution is -2.65. The Kier molecular flexibility index (Phi) is 4.60. The van der Waals surface area contributed by atoms with Crippen LogP contribution in [-0.4, -0.2) is 30.4 Å². The molecule has 1 saturated carbocycles. The van der Waals surface area contributed by atoms with Crippen molar-refractivity contribution in [2.45, 2.75) is 74.8 Å². The van der Waals surface area contributed by atoms with E-state index in [1.807, 2.05) is 20.8 Å². The maximum Gasteiger partial charge on any atom is 0.142 e. The molecule has 0 aromatic carbocycles. The quantitative estimate of drug-likeness (QED) is 0.812. The van der Waals surface area contributed by atoms with Gasteiger partial charge < -0.3 is 9.11 Å². The van der Waals surface area contributed by atoms with Gasteiger partial charge in [-0.15, -0.1) is 4.72 Å². The standard InChI is InChI=1S/C13H25NO2S2/c1-12(2,3)18(16)14-13(8-5-4-6-9-13)11-7-10-17(11)15/h11,14H,4-10H2,1-3H3. The van der Waals surface area contributed by atoms with Crippen LogP contribution in [0.15, 0.2) is 0 Å². The molecule has 106 valence electrons. The van der Waals surface area contributed by atoms with Crippen molar-refractivity contribution in [1.29, 1.82) is 0 Å². The van der Waals surface area contributed by atoms with Gasteiger partial charge in [-0.2, -0.15) is 0 Å². The second-order valence-corrected chi connectivity index (χ2v) is 10.3. The predicted molar refractivity (Wildman–Crippen MR) is 78.3 cm³/mol. The van der Waals surface area contributed by atoms with Gasteiger partial charge in [0.25, 0.3) is 0 Å². The Labute approximate surface area is 117 Å². The summed E-state index contributed by atoms with van der Waals surface area (Å²) in [5.74, 6) is 0.830. The van der Waals surface area contributed by atoms with Gasteiger partial charge in [0.15, 0.2) is 0 Å². The van der Waals surface area contributed by atoms with E-state index < -0.39 is 22.5 Å². The van der Waals surface area contributed by atoms with Gasteiger partial charge in [0.05, 0.1) is 0 Å². The normalized spacial score (nSPS) is 33.8. The summed E-state index contributed by atoms with van der Waals surface area (Å²) in [5.41, 5.74) is -0.125. The predicted octanol–water partition coefficient (Wildman–Crippen LogP) is 2.26. The number of hydrogen-bond acceptors (Lipinski definition) is 3. The molecule has 3 atom stereocenters. The van der Waals surface area contributed by atoms with E-state index in [4.69, 9.17) is 0 Å².